The van der Waals surface area contributed by atoms with Crippen LogP contribution in [0.1, 0.15) is 36.0 Å². The van der Waals surface area contributed by atoms with Gasteiger partial charge in [0.05, 0.1) is 23.5 Å². The molecule has 0 heterocycles. The standard InChI is InChI=1S/C24H24N2O4/c1-3-29-24(28)19-14-15-21(25-17(2)27)22(16-19)26-23(18-10-6-4-7-11-18)30-20-12-8-5-9-13-20/h4-16,23,26H,3H2,1-2H3,(H,25,27). The van der Waals surface area contributed by atoms with Crippen LogP contribution in [0, 0.1) is 0 Å². The molecule has 0 aliphatic carbocycles. The summed E-state index contributed by atoms with van der Waals surface area (Å²) in [5.41, 5.74) is 2.34. The van der Waals surface area contributed by atoms with Crippen molar-refractivity contribution < 1.29 is 19.1 Å². The van der Waals surface area contributed by atoms with Gasteiger partial charge >= 0.3 is 5.97 Å². The zero-order valence-corrected chi connectivity index (χ0v) is 16.9. The number of nitrogens with one attached hydrogen (secondary N) is 2. The fourth-order valence-corrected chi connectivity index (χ4v) is 2.89. The third-order valence-corrected chi connectivity index (χ3v) is 4.23. The first-order valence-corrected chi connectivity index (χ1v) is 9.68. The molecule has 3 rings (SSSR count). The highest BCUT2D eigenvalue weighted by Gasteiger charge is 2.18. The van der Waals surface area contributed by atoms with E-state index in [1.165, 1.54) is 6.92 Å². The van der Waals surface area contributed by atoms with E-state index in [9.17, 15) is 9.59 Å². The average Bonchev–Trinajstić information content (AvgIpc) is 2.75. The van der Waals surface area contributed by atoms with Gasteiger partial charge in [-0.05, 0) is 37.3 Å². The topological polar surface area (TPSA) is 76.7 Å². The first-order valence-electron chi connectivity index (χ1n) is 9.68. The SMILES string of the molecule is CCOC(=O)c1ccc(NC(C)=O)c(NC(Oc2ccccc2)c2ccccc2)c1. The number of carbonyl (C=O) groups excluding carboxylic acids is 2. The van der Waals surface area contributed by atoms with Gasteiger partial charge in [-0.3, -0.25) is 4.79 Å². The predicted octanol–water partition coefficient (Wildman–Crippen LogP) is 5.01. The minimum absolute atomic E-state index is 0.220. The smallest absolute Gasteiger partial charge is 0.338 e. The molecule has 1 atom stereocenters. The number of carbonyl (C=O) groups is 2. The molecule has 3 aromatic carbocycles. The third kappa shape index (κ3) is 5.61. The lowest BCUT2D eigenvalue weighted by molar-refractivity contribution is -0.114. The number of para-hydroxylation sites is 1. The van der Waals surface area contributed by atoms with Gasteiger partial charge in [-0.15, -0.1) is 0 Å². The van der Waals surface area contributed by atoms with E-state index in [0.717, 1.165) is 5.56 Å². The second-order valence-corrected chi connectivity index (χ2v) is 6.53. The maximum atomic E-state index is 12.2. The van der Waals surface area contributed by atoms with E-state index in [1.807, 2.05) is 60.7 Å². The highest BCUT2D eigenvalue weighted by atomic mass is 16.5. The third-order valence-electron chi connectivity index (χ3n) is 4.23. The van der Waals surface area contributed by atoms with Crippen LogP contribution in [-0.2, 0) is 9.53 Å². The van der Waals surface area contributed by atoms with Crippen molar-refractivity contribution in [2.24, 2.45) is 0 Å². The maximum absolute atomic E-state index is 12.2. The number of esters is 1. The molecular formula is C24H24N2O4. The number of hydrogen-bond donors (Lipinski definition) is 2. The Morgan fingerprint density at radius 2 is 1.57 bits per heavy atom. The van der Waals surface area contributed by atoms with Crippen molar-refractivity contribution in [2.75, 3.05) is 17.2 Å². The first-order chi connectivity index (χ1) is 14.6. The van der Waals surface area contributed by atoms with Crippen molar-refractivity contribution in [1.29, 1.82) is 0 Å². The van der Waals surface area contributed by atoms with Crippen LogP contribution in [0.3, 0.4) is 0 Å². The Morgan fingerprint density at radius 3 is 2.20 bits per heavy atom. The Hall–Kier alpha value is -3.80. The monoisotopic (exact) mass is 404 g/mol. The Kier molecular flexibility index (Phi) is 7.05. The summed E-state index contributed by atoms with van der Waals surface area (Å²) in [5.74, 6) is 0.0267. The van der Waals surface area contributed by atoms with E-state index in [-0.39, 0.29) is 12.5 Å². The molecule has 0 fully saturated rings. The van der Waals surface area contributed by atoms with Crippen molar-refractivity contribution in [2.45, 2.75) is 20.1 Å². The minimum atomic E-state index is -0.557. The highest BCUT2D eigenvalue weighted by molar-refractivity contribution is 5.96. The number of rotatable bonds is 8. The Labute approximate surface area is 175 Å². The summed E-state index contributed by atoms with van der Waals surface area (Å²) >= 11 is 0. The summed E-state index contributed by atoms with van der Waals surface area (Å²) < 4.78 is 11.3. The molecule has 0 spiro atoms. The van der Waals surface area contributed by atoms with Gasteiger partial charge in [-0.2, -0.15) is 0 Å². The van der Waals surface area contributed by atoms with Gasteiger partial charge in [0.2, 0.25) is 5.91 Å². The van der Waals surface area contributed by atoms with E-state index in [1.54, 1.807) is 25.1 Å². The van der Waals surface area contributed by atoms with Crippen LogP contribution in [0.5, 0.6) is 5.75 Å². The lowest BCUT2D eigenvalue weighted by Gasteiger charge is -2.24. The van der Waals surface area contributed by atoms with Crippen LogP contribution in [0.2, 0.25) is 0 Å². The largest absolute Gasteiger partial charge is 0.466 e. The molecule has 0 bridgehead atoms. The number of ether oxygens (including phenoxy) is 2. The molecular weight excluding hydrogens is 380 g/mol. The molecule has 6 nitrogen and oxygen atoms in total. The average molecular weight is 404 g/mol. The van der Waals surface area contributed by atoms with Crippen molar-refractivity contribution in [1.82, 2.24) is 0 Å². The number of anilines is 2. The molecule has 0 aromatic heterocycles. The summed E-state index contributed by atoms with van der Waals surface area (Å²) in [7, 11) is 0. The van der Waals surface area contributed by atoms with Crippen LogP contribution in [0.15, 0.2) is 78.9 Å². The summed E-state index contributed by atoms with van der Waals surface area (Å²) in [4.78, 5) is 23.9. The molecule has 0 saturated carbocycles. The molecule has 154 valence electrons. The normalized spacial score (nSPS) is 11.3. The lowest BCUT2D eigenvalue weighted by Crippen LogP contribution is -2.19. The van der Waals surface area contributed by atoms with E-state index >= 15 is 0 Å². The molecule has 6 heteroatoms. The van der Waals surface area contributed by atoms with Gasteiger partial charge in [0.25, 0.3) is 0 Å². The van der Waals surface area contributed by atoms with Gasteiger partial charge in [0, 0.05) is 12.5 Å². The van der Waals surface area contributed by atoms with Crippen LogP contribution in [0.25, 0.3) is 0 Å². The van der Waals surface area contributed by atoms with Crippen LogP contribution in [-0.4, -0.2) is 18.5 Å². The highest BCUT2D eigenvalue weighted by Crippen LogP contribution is 2.30. The minimum Gasteiger partial charge on any atom is -0.466 e. The molecule has 0 saturated heterocycles. The fraction of sp³-hybridized carbons (Fsp3) is 0.167. The quantitative estimate of drug-likeness (QED) is 0.408. The lowest BCUT2D eigenvalue weighted by atomic mass is 10.1. The van der Waals surface area contributed by atoms with Crippen molar-refractivity contribution in [3.63, 3.8) is 0 Å². The number of benzene rings is 3. The molecule has 0 radical (unpaired) electrons. The summed E-state index contributed by atoms with van der Waals surface area (Å²) in [6.07, 6.45) is -0.557. The Bertz CT molecular complexity index is 991. The second-order valence-electron chi connectivity index (χ2n) is 6.53. The fourth-order valence-electron chi connectivity index (χ4n) is 2.89. The van der Waals surface area contributed by atoms with Gasteiger partial charge < -0.3 is 20.1 Å². The number of hydrogen-bond acceptors (Lipinski definition) is 5. The molecule has 30 heavy (non-hydrogen) atoms. The summed E-state index contributed by atoms with van der Waals surface area (Å²) in [6, 6.07) is 24.0. The van der Waals surface area contributed by atoms with Crippen molar-refractivity contribution in [3.8, 4) is 5.75 Å². The maximum Gasteiger partial charge on any atom is 0.338 e. The van der Waals surface area contributed by atoms with E-state index < -0.39 is 12.2 Å². The van der Waals surface area contributed by atoms with E-state index in [2.05, 4.69) is 10.6 Å². The molecule has 1 unspecified atom stereocenters. The van der Waals surface area contributed by atoms with Gasteiger partial charge in [0.15, 0.2) is 6.23 Å². The van der Waals surface area contributed by atoms with Crippen molar-refractivity contribution in [3.05, 3.63) is 90.0 Å². The van der Waals surface area contributed by atoms with Crippen LogP contribution in [0.4, 0.5) is 11.4 Å². The summed E-state index contributed by atoms with van der Waals surface area (Å²) in [5, 5.41) is 6.09. The number of amides is 1. The molecule has 1 amide bonds. The van der Waals surface area contributed by atoms with Crippen molar-refractivity contribution >= 4 is 23.3 Å². The predicted molar refractivity (Wildman–Crippen MR) is 117 cm³/mol. The molecule has 0 aliphatic heterocycles. The molecule has 2 N–H and O–H groups in total. The van der Waals surface area contributed by atoms with Gasteiger partial charge in [0.1, 0.15) is 5.75 Å². The Morgan fingerprint density at radius 1 is 0.900 bits per heavy atom. The second kappa shape index (κ2) is 10.1. The molecule has 0 aliphatic rings. The Balaban J connectivity index is 1.97. The van der Waals surface area contributed by atoms with Gasteiger partial charge in [-0.25, -0.2) is 4.79 Å². The zero-order valence-electron chi connectivity index (χ0n) is 16.9. The van der Waals surface area contributed by atoms with Crippen LogP contribution >= 0.6 is 0 Å². The van der Waals surface area contributed by atoms with E-state index in [0.29, 0.717) is 22.7 Å². The van der Waals surface area contributed by atoms with Gasteiger partial charge in [-0.1, -0.05) is 48.5 Å². The zero-order chi connectivity index (χ0) is 21.3. The van der Waals surface area contributed by atoms with E-state index in [4.69, 9.17) is 9.47 Å². The molecule has 3 aromatic rings. The summed E-state index contributed by atoms with van der Waals surface area (Å²) in [6.45, 7) is 3.46. The first kappa shape index (κ1) is 20.9. The van der Waals surface area contributed by atoms with Crippen LogP contribution < -0.4 is 15.4 Å².